The molecule has 0 aliphatic carbocycles. The van der Waals surface area contributed by atoms with Crippen molar-refractivity contribution in [1.29, 1.82) is 0 Å². The highest BCUT2D eigenvalue weighted by Gasteiger charge is 2.13. The summed E-state index contributed by atoms with van der Waals surface area (Å²) in [4.78, 5) is 24.4. The summed E-state index contributed by atoms with van der Waals surface area (Å²) in [6.07, 6.45) is 1.45. The van der Waals surface area contributed by atoms with Gasteiger partial charge in [-0.15, -0.1) is 0 Å². The van der Waals surface area contributed by atoms with Crippen LogP contribution in [-0.4, -0.2) is 38.9 Å². The number of carbonyl (C=O) groups excluding carboxylic acids is 2. The van der Waals surface area contributed by atoms with E-state index in [1.165, 1.54) is 13.3 Å². The van der Waals surface area contributed by atoms with Crippen LogP contribution in [0.15, 0.2) is 65.8 Å². The summed E-state index contributed by atoms with van der Waals surface area (Å²) in [5, 5.41) is 3.94. The molecule has 0 spiro atoms. The molecule has 3 rings (SSSR count). The second-order valence-electron chi connectivity index (χ2n) is 7.31. The molecule has 1 N–H and O–H groups in total. The summed E-state index contributed by atoms with van der Waals surface area (Å²) in [7, 11) is 3.02. The highest BCUT2D eigenvalue weighted by Crippen LogP contribution is 2.28. The van der Waals surface area contributed by atoms with Crippen molar-refractivity contribution in [2.24, 2.45) is 5.10 Å². The third-order valence-electron chi connectivity index (χ3n) is 5.03. The number of benzene rings is 3. The Balaban J connectivity index is 1.57. The number of aryl methyl sites for hydroxylation is 1. The number of hydrogen-bond acceptors (Lipinski definition) is 7. The van der Waals surface area contributed by atoms with Gasteiger partial charge in [-0.3, -0.25) is 4.79 Å². The molecule has 0 fully saturated rings. The van der Waals surface area contributed by atoms with Gasteiger partial charge in [-0.2, -0.15) is 5.10 Å². The van der Waals surface area contributed by atoms with Crippen LogP contribution in [0.3, 0.4) is 0 Å². The number of rotatable bonds is 9. The van der Waals surface area contributed by atoms with Gasteiger partial charge in [-0.1, -0.05) is 12.1 Å². The van der Waals surface area contributed by atoms with Crippen molar-refractivity contribution in [2.75, 3.05) is 20.8 Å². The van der Waals surface area contributed by atoms with E-state index in [0.717, 1.165) is 11.1 Å². The fraction of sp³-hybridized carbons (Fsp3) is 0.192. The molecule has 0 atom stereocenters. The van der Waals surface area contributed by atoms with Gasteiger partial charge in [-0.25, -0.2) is 10.2 Å². The second kappa shape index (κ2) is 11.5. The highest BCUT2D eigenvalue weighted by atomic mass is 16.6. The number of hydrazone groups is 1. The molecule has 3 aromatic carbocycles. The second-order valence-corrected chi connectivity index (χ2v) is 7.31. The van der Waals surface area contributed by atoms with E-state index in [9.17, 15) is 9.59 Å². The van der Waals surface area contributed by atoms with Crippen molar-refractivity contribution in [3.8, 4) is 23.0 Å². The standard InChI is InChI=1S/C26H26N2O6/c1-17-6-5-7-22(18(17)2)33-16-25(29)28-27-15-19-8-13-23(24(14-19)32-4)34-26(30)20-9-11-21(31-3)12-10-20/h5-15H,16H2,1-4H3,(H,28,29)/b27-15-. The number of ether oxygens (including phenoxy) is 4. The van der Waals surface area contributed by atoms with Crippen LogP contribution in [0.25, 0.3) is 0 Å². The maximum atomic E-state index is 12.4. The molecule has 0 radical (unpaired) electrons. The van der Waals surface area contributed by atoms with Gasteiger partial charge in [-0.05, 0) is 79.1 Å². The van der Waals surface area contributed by atoms with Crippen LogP contribution in [0.4, 0.5) is 0 Å². The van der Waals surface area contributed by atoms with Crippen molar-refractivity contribution in [3.63, 3.8) is 0 Å². The van der Waals surface area contributed by atoms with Crippen LogP contribution in [0.2, 0.25) is 0 Å². The molecule has 0 aliphatic heterocycles. The van der Waals surface area contributed by atoms with Crippen LogP contribution < -0.4 is 24.4 Å². The fourth-order valence-electron chi connectivity index (χ4n) is 2.97. The third kappa shape index (κ3) is 6.35. The van der Waals surface area contributed by atoms with Crippen LogP contribution in [0.1, 0.15) is 27.0 Å². The molecule has 34 heavy (non-hydrogen) atoms. The molecular formula is C26H26N2O6. The predicted octanol–water partition coefficient (Wildman–Crippen LogP) is 4.07. The highest BCUT2D eigenvalue weighted by molar-refractivity contribution is 5.92. The average Bonchev–Trinajstić information content (AvgIpc) is 2.85. The van der Waals surface area contributed by atoms with Crippen LogP contribution in [0, 0.1) is 13.8 Å². The first-order valence-corrected chi connectivity index (χ1v) is 10.5. The minimum Gasteiger partial charge on any atom is -0.497 e. The van der Waals surface area contributed by atoms with Gasteiger partial charge >= 0.3 is 5.97 Å². The number of methoxy groups -OCH3 is 2. The van der Waals surface area contributed by atoms with Gasteiger partial charge in [0.15, 0.2) is 18.1 Å². The molecule has 0 bridgehead atoms. The monoisotopic (exact) mass is 462 g/mol. The molecule has 0 unspecified atom stereocenters. The lowest BCUT2D eigenvalue weighted by atomic mass is 10.1. The van der Waals surface area contributed by atoms with Crippen molar-refractivity contribution in [1.82, 2.24) is 5.43 Å². The van der Waals surface area contributed by atoms with E-state index in [4.69, 9.17) is 18.9 Å². The van der Waals surface area contributed by atoms with E-state index in [2.05, 4.69) is 10.5 Å². The van der Waals surface area contributed by atoms with Crippen molar-refractivity contribution < 1.29 is 28.5 Å². The molecule has 176 valence electrons. The quantitative estimate of drug-likeness (QED) is 0.223. The molecule has 8 heteroatoms. The summed E-state index contributed by atoms with van der Waals surface area (Å²) in [6.45, 7) is 3.75. The van der Waals surface area contributed by atoms with Gasteiger partial charge in [0.05, 0.1) is 26.0 Å². The van der Waals surface area contributed by atoms with Gasteiger partial charge in [0.2, 0.25) is 0 Å². The lowest BCUT2D eigenvalue weighted by Gasteiger charge is -2.10. The zero-order valence-electron chi connectivity index (χ0n) is 19.5. The van der Waals surface area contributed by atoms with Gasteiger partial charge in [0, 0.05) is 0 Å². The Bertz CT molecular complexity index is 1190. The topological polar surface area (TPSA) is 95.5 Å². The third-order valence-corrected chi connectivity index (χ3v) is 5.03. The molecule has 8 nitrogen and oxygen atoms in total. The normalized spacial score (nSPS) is 10.6. The van der Waals surface area contributed by atoms with E-state index in [-0.39, 0.29) is 12.4 Å². The summed E-state index contributed by atoms with van der Waals surface area (Å²) in [5.41, 5.74) is 5.50. The number of nitrogens with zero attached hydrogens (tertiary/aromatic N) is 1. The van der Waals surface area contributed by atoms with E-state index >= 15 is 0 Å². The molecule has 0 heterocycles. The summed E-state index contributed by atoms with van der Waals surface area (Å²) in [5.74, 6) is 0.972. The molecule has 0 saturated carbocycles. The minimum absolute atomic E-state index is 0.162. The molecule has 0 aliphatic rings. The Hall–Kier alpha value is -4.33. The van der Waals surface area contributed by atoms with E-state index in [1.54, 1.807) is 49.6 Å². The smallest absolute Gasteiger partial charge is 0.343 e. The lowest BCUT2D eigenvalue weighted by Crippen LogP contribution is -2.24. The Morgan fingerprint density at radius 3 is 2.38 bits per heavy atom. The number of hydrogen-bond donors (Lipinski definition) is 1. The minimum atomic E-state index is -0.529. The first-order chi connectivity index (χ1) is 16.4. The van der Waals surface area contributed by atoms with Crippen LogP contribution >= 0.6 is 0 Å². The first kappa shape index (κ1) is 24.3. The van der Waals surface area contributed by atoms with Crippen molar-refractivity contribution in [3.05, 3.63) is 82.9 Å². The molecule has 0 saturated heterocycles. The zero-order chi connectivity index (χ0) is 24.5. The fourth-order valence-corrected chi connectivity index (χ4v) is 2.97. The lowest BCUT2D eigenvalue weighted by molar-refractivity contribution is -0.123. The van der Waals surface area contributed by atoms with Crippen molar-refractivity contribution in [2.45, 2.75) is 13.8 Å². The number of amides is 1. The molecular weight excluding hydrogens is 436 g/mol. The van der Waals surface area contributed by atoms with Crippen LogP contribution in [-0.2, 0) is 4.79 Å². The largest absolute Gasteiger partial charge is 0.497 e. The Labute approximate surface area is 198 Å². The maximum Gasteiger partial charge on any atom is 0.343 e. The number of carbonyl (C=O) groups is 2. The summed E-state index contributed by atoms with van der Waals surface area (Å²) >= 11 is 0. The summed E-state index contributed by atoms with van der Waals surface area (Å²) < 4.78 is 21.4. The number of esters is 1. The van der Waals surface area contributed by atoms with E-state index in [1.807, 2.05) is 32.0 Å². The van der Waals surface area contributed by atoms with Crippen LogP contribution in [0.5, 0.6) is 23.0 Å². The predicted molar refractivity (Wildman–Crippen MR) is 128 cm³/mol. The Morgan fingerprint density at radius 2 is 1.68 bits per heavy atom. The Morgan fingerprint density at radius 1 is 0.912 bits per heavy atom. The zero-order valence-corrected chi connectivity index (χ0v) is 19.5. The average molecular weight is 463 g/mol. The van der Waals surface area contributed by atoms with Gasteiger partial charge in [0.25, 0.3) is 5.91 Å². The van der Waals surface area contributed by atoms with Gasteiger partial charge < -0.3 is 18.9 Å². The Kier molecular flexibility index (Phi) is 8.23. The molecule has 3 aromatic rings. The maximum absolute atomic E-state index is 12.4. The van der Waals surface area contributed by atoms with E-state index < -0.39 is 11.9 Å². The molecule has 0 aromatic heterocycles. The molecule has 1 amide bonds. The first-order valence-electron chi connectivity index (χ1n) is 10.5. The van der Waals surface area contributed by atoms with Gasteiger partial charge in [0.1, 0.15) is 11.5 Å². The number of nitrogens with one attached hydrogen (secondary N) is 1. The SMILES string of the molecule is COc1ccc(C(=O)Oc2ccc(/C=N\NC(=O)COc3cccc(C)c3C)cc2OC)cc1. The van der Waals surface area contributed by atoms with E-state index in [0.29, 0.717) is 28.4 Å². The summed E-state index contributed by atoms with van der Waals surface area (Å²) in [6, 6.07) is 17.2. The van der Waals surface area contributed by atoms with Crippen molar-refractivity contribution >= 4 is 18.1 Å².